The van der Waals surface area contributed by atoms with E-state index in [4.69, 9.17) is 9.40 Å². The SMILES string of the molecule is c1cc(-c2ccc3ccccc3c2)cc(-n2c3ccccc3c3c4oc5ccccc5c4ncc32)c1. The van der Waals surface area contributed by atoms with Gasteiger partial charge < -0.3 is 8.98 Å². The van der Waals surface area contributed by atoms with Gasteiger partial charge >= 0.3 is 0 Å². The van der Waals surface area contributed by atoms with Gasteiger partial charge in [-0.15, -0.1) is 0 Å². The Bertz CT molecular complexity index is 2110. The fourth-order valence-electron chi connectivity index (χ4n) is 5.55. The number of furan rings is 1. The van der Waals surface area contributed by atoms with E-state index in [1.54, 1.807) is 0 Å². The number of hydrogen-bond acceptors (Lipinski definition) is 2. The Labute approximate surface area is 206 Å². The molecule has 0 saturated heterocycles. The van der Waals surface area contributed by atoms with Crippen LogP contribution in [0.4, 0.5) is 0 Å². The molecule has 168 valence electrons. The molecule has 3 heterocycles. The zero-order chi connectivity index (χ0) is 23.6. The van der Waals surface area contributed by atoms with Crippen LogP contribution >= 0.6 is 0 Å². The third kappa shape index (κ3) is 2.71. The second-order valence-corrected chi connectivity index (χ2v) is 9.26. The first-order valence-corrected chi connectivity index (χ1v) is 12.1. The Morgan fingerprint density at radius 3 is 2.31 bits per heavy atom. The summed E-state index contributed by atoms with van der Waals surface area (Å²) in [5, 5.41) is 5.80. The fraction of sp³-hybridized carbons (Fsp3) is 0. The van der Waals surface area contributed by atoms with Gasteiger partial charge in [-0.3, -0.25) is 0 Å². The highest BCUT2D eigenvalue weighted by molar-refractivity contribution is 6.22. The number of nitrogens with zero attached hydrogens (tertiary/aromatic N) is 2. The van der Waals surface area contributed by atoms with Gasteiger partial charge in [-0.1, -0.05) is 78.9 Å². The zero-order valence-corrected chi connectivity index (χ0v) is 19.3. The van der Waals surface area contributed by atoms with E-state index in [1.807, 2.05) is 24.4 Å². The van der Waals surface area contributed by atoms with Crippen molar-refractivity contribution in [2.75, 3.05) is 0 Å². The van der Waals surface area contributed by atoms with Crippen molar-refractivity contribution in [3.8, 4) is 16.8 Å². The predicted octanol–water partition coefficient (Wildman–Crippen LogP) is 8.90. The van der Waals surface area contributed by atoms with Crippen LogP contribution in [0.2, 0.25) is 0 Å². The molecule has 3 heteroatoms. The van der Waals surface area contributed by atoms with Gasteiger partial charge in [0.25, 0.3) is 0 Å². The Morgan fingerprint density at radius 1 is 0.583 bits per heavy atom. The van der Waals surface area contributed by atoms with E-state index < -0.39 is 0 Å². The quantitative estimate of drug-likeness (QED) is 0.258. The van der Waals surface area contributed by atoms with Gasteiger partial charge in [0.15, 0.2) is 5.58 Å². The summed E-state index contributed by atoms with van der Waals surface area (Å²) in [4.78, 5) is 4.88. The van der Waals surface area contributed by atoms with Crippen LogP contribution in [0.25, 0.3) is 71.5 Å². The first kappa shape index (κ1) is 19.4. The number of fused-ring (bicyclic) bond motifs is 8. The molecule has 0 aliphatic heterocycles. The molecule has 5 aromatic carbocycles. The van der Waals surface area contributed by atoms with Crippen LogP contribution in [-0.2, 0) is 0 Å². The number of para-hydroxylation sites is 2. The van der Waals surface area contributed by atoms with Crippen molar-refractivity contribution in [2.24, 2.45) is 0 Å². The highest BCUT2D eigenvalue weighted by Gasteiger charge is 2.19. The Kier molecular flexibility index (Phi) is 3.94. The van der Waals surface area contributed by atoms with Gasteiger partial charge in [0, 0.05) is 16.5 Å². The van der Waals surface area contributed by atoms with Crippen molar-refractivity contribution in [3.63, 3.8) is 0 Å². The molecule has 0 aliphatic rings. The Morgan fingerprint density at radius 2 is 1.36 bits per heavy atom. The fourth-order valence-corrected chi connectivity index (χ4v) is 5.55. The van der Waals surface area contributed by atoms with E-state index in [2.05, 4.69) is 102 Å². The molecule has 0 fully saturated rings. The summed E-state index contributed by atoms with van der Waals surface area (Å²) in [6.07, 6.45) is 1.99. The van der Waals surface area contributed by atoms with Crippen molar-refractivity contribution in [1.29, 1.82) is 0 Å². The van der Waals surface area contributed by atoms with E-state index >= 15 is 0 Å². The van der Waals surface area contributed by atoms with Gasteiger partial charge in [0.2, 0.25) is 0 Å². The first-order valence-electron chi connectivity index (χ1n) is 12.1. The average Bonchev–Trinajstić information content (AvgIpc) is 3.48. The van der Waals surface area contributed by atoms with Crippen LogP contribution in [0, 0.1) is 0 Å². The second-order valence-electron chi connectivity index (χ2n) is 9.26. The summed E-state index contributed by atoms with van der Waals surface area (Å²) >= 11 is 0. The molecular weight excluding hydrogens is 440 g/mol. The molecule has 0 N–H and O–H groups in total. The van der Waals surface area contributed by atoms with Gasteiger partial charge in [0.05, 0.1) is 22.6 Å². The van der Waals surface area contributed by atoms with Crippen molar-refractivity contribution in [3.05, 3.63) is 121 Å². The number of pyridine rings is 1. The molecule has 0 unspecified atom stereocenters. The molecule has 0 atom stereocenters. The lowest BCUT2D eigenvalue weighted by atomic mass is 10.0. The maximum Gasteiger partial charge on any atom is 0.163 e. The molecule has 3 nitrogen and oxygen atoms in total. The van der Waals surface area contributed by atoms with E-state index in [1.165, 1.54) is 21.9 Å². The topological polar surface area (TPSA) is 31.0 Å². The molecule has 36 heavy (non-hydrogen) atoms. The maximum absolute atomic E-state index is 6.38. The molecule has 0 bridgehead atoms. The van der Waals surface area contributed by atoms with Crippen molar-refractivity contribution >= 4 is 54.6 Å². The average molecular weight is 461 g/mol. The normalized spacial score (nSPS) is 11.9. The van der Waals surface area contributed by atoms with Crippen LogP contribution in [0.3, 0.4) is 0 Å². The Hall–Kier alpha value is -4.89. The van der Waals surface area contributed by atoms with Gasteiger partial charge in [-0.05, 0) is 58.3 Å². The minimum absolute atomic E-state index is 0.842. The zero-order valence-electron chi connectivity index (χ0n) is 19.3. The predicted molar refractivity (Wildman–Crippen MR) is 149 cm³/mol. The molecule has 3 aromatic heterocycles. The molecule has 0 spiro atoms. The third-order valence-electron chi connectivity index (χ3n) is 7.21. The first-order chi connectivity index (χ1) is 17.8. The summed E-state index contributed by atoms with van der Waals surface area (Å²) < 4.78 is 8.68. The Balaban J connectivity index is 1.41. The lowest BCUT2D eigenvalue weighted by Gasteiger charge is -2.11. The highest BCUT2D eigenvalue weighted by Crippen LogP contribution is 2.39. The van der Waals surface area contributed by atoms with Crippen LogP contribution in [0.15, 0.2) is 126 Å². The van der Waals surface area contributed by atoms with Crippen LogP contribution in [0.1, 0.15) is 0 Å². The van der Waals surface area contributed by atoms with Crippen LogP contribution < -0.4 is 0 Å². The van der Waals surface area contributed by atoms with Gasteiger partial charge in [-0.2, -0.15) is 0 Å². The summed E-state index contributed by atoms with van der Waals surface area (Å²) in [7, 11) is 0. The van der Waals surface area contributed by atoms with Crippen LogP contribution in [0.5, 0.6) is 0 Å². The lowest BCUT2D eigenvalue weighted by molar-refractivity contribution is 0.672. The summed E-state index contributed by atoms with van der Waals surface area (Å²) in [5.74, 6) is 0. The summed E-state index contributed by atoms with van der Waals surface area (Å²) in [6.45, 7) is 0. The third-order valence-corrected chi connectivity index (χ3v) is 7.21. The largest absolute Gasteiger partial charge is 0.454 e. The highest BCUT2D eigenvalue weighted by atomic mass is 16.3. The smallest absolute Gasteiger partial charge is 0.163 e. The van der Waals surface area contributed by atoms with Gasteiger partial charge in [0.1, 0.15) is 11.1 Å². The van der Waals surface area contributed by atoms with Gasteiger partial charge in [-0.25, -0.2) is 4.98 Å². The van der Waals surface area contributed by atoms with Crippen molar-refractivity contribution in [2.45, 2.75) is 0 Å². The monoisotopic (exact) mass is 460 g/mol. The molecule has 0 aliphatic carbocycles. The maximum atomic E-state index is 6.38. The molecule has 0 radical (unpaired) electrons. The standard InChI is InChI=1S/C33H20N2O/c1-2-9-22-18-24(17-16-21(22)8-1)23-10-7-11-25(19-23)35-28-14-5-3-12-26(28)31-29(35)20-34-32-27-13-4-6-15-30(27)36-33(31)32/h1-20H. The van der Waals surface area contributed by atoms with Crippen molar-refractivity contribution < 1.29 is 4.42 Å². The number of benzene rings is 5. The molecule has 8 rings (SSSR count). The number of hydrogen-bond donors (Lipinski definition) is 0. The van der Waals surface area contributed by atoms with Crippen molar-refractivity contribution in [1.82, 2.24) is 9.55 Å². The molecule has 8 aromatic rings. The lowest BCUT2D eigenvalue weighted by Crippen LogP contribution is -1.94. The number of aromatic nitrogens is 2. The minimum atomic E-state index is 0.842. The molecular formula is C33H20N2O. The van der Waals surface area contributed by atoms with E-state index in [0.717, 1.165) is 49.6 Å². The van der Waals surface area contributed by atoms with E-state index in [0.29, 0.717) is 0 Å². The summed E-state index contributed by atoms with van der Waals surface area (Å²) in [5.41, 5.74) is 8.28. The van der Waals surface area contributed by atoms with Crippen LogP contribution in [-0.4, -0.2) is 9.55 Å². The molecule has 0 saturated carbocycles. The number of rotatable bonds is 2. The summed E-state index contributed by atoms with van der Waals surface area (Å²) in [6, 6.07) is 40.5. The minimum Gasteiger partial charge on any atom is -0.454 e. The second kappa shape index (κ2) is 7.30. The van der Waals surface area contributed by atoms with E-state index in [-0.39, 0.29) is 0 Å². The van der Waals surface area contributed by atoms with E-state index in [9.17, 15) is 0 Å². The molecule has 0 amide bonds.